The summed E-state index contributed by atoms with van der Waals surface area (Å²) in [6, 6.07) is 8.73. The SMILES string of the molecule is COc1cc2c(cc1C(=O)Nc1cccc(C(=N)N(N)C(C)CO)n1)CN(C(C)C)C2. The first-order valence-corrected chi connectivity index (χ1v) is 10.2. The molecular weight excluding hydrogens is 396 g/mol. The van der Waals surface area contributed by atoms with Crippen LogP contribution in [0.15, 0.2) is 30.3 Å². The van der Waals surface area contributed by atoms with Crippen LogP contribution in [0.5, 0.6) is 5.75 Å². The van der Waals surface area contributed by atoms with Gasteiger partial charge < -0.3 is 15.2 Å². The van der Waals surface area contributed by atoms with Crippen LogP contribution in [0.3, 0.4) is 0 Å². The van der Waals surface area contributed by atoms with Gasteiger partial charge in [-0.3, -0.25) is 20.1 Å². The summed E-state index contributed by atoms with van der Waals surface area (Å²) < 4.78 is 5.48. The minimum atomic E-state index is -0.436. The highest BCUT2D eigenvalue weighted by molar-refractivity contribution is 6.06. The second-order valence-corrected chi connectivity index (χ2v) is 7.97. The van der Waals surface area contributed by atoms with Gasteiger partial charge in [0.2, 0.25) is 0 Å². The fourth-order valence-corrected chi connectivity index (χ4v) is 3.43. The molecule has 1 aromatic heterocycles. The molecule has 0 radical (unpaired) electrons. The number of fused-ring (bicyclic) bond motifs is 1. The van der Waals surface area contributed by atoms with Crippen molar-refractivity contribution in [3.8, 4) is 5.75 Å². The summed E-state index contributed by atoms with van der Waals surface area (Å²) >= 11 is 0. The highest BCUT2D eigenvalue weighted by Crippen LogP contribution is 2.31. The van der Waals surface area contributed by atoms with Crippen LogP contribution >= 0.6 is 0 Å². The molecule has 1 aliphatic rings. The number of aliphatic hydroxyl groups excluding tert-OH is 1. The van der Waals surface area contributed by atoms with Gasteiger partial charge in [-0.25, -0.2) is 10.8 Å². The lowest BCUT2D eigenvalue weighted by atomic mass is 10.0. The van der Waals surface area contributed by atoms with Gasteiger partial charge in [-0.05, 0) is 56.2 Å². The number of hydrogen-bond acceptors (Lipinski definition) is 7. The quantitative estimate of drug-likeness (QED) is 0.231. The summed E-state index contributed by atoms with van der Waals surface area (Å²) in [5.41, 5.74) is 2.99. The molecule has 9 nitrogen and oxygen atoms in total. The van der Waals surface area contributed by atoms with Crippen LogP contribution in [-0.4, -0.2) is 57.5 Å². The number of aliphatic hydroxyl groups is 1. The fourth-order valence-electron chi connectivity index (χ4n) is 3.43. The minimum absolute atomic E-state index is 0.0541. The van der Waals surface area contributed by atoms with Crippen LogP contribution in [0.1, 0.15) is 48.0 Å². The number of hydrazine groups is 1. The summed E-state index contributed by atoms with van der Waals surface area (Å²) in [5, 5.41) is 21.4. The van der Waals surface area contributed by atoms with Gasteiger partial charge in [0.05, 0.1) is 25.3 Å². The highest BCUT2D eigenvalue weighted by atomic mass is 16.5. The van der Waals surface area contributed by atoms with Gasteiger partial charge in [0.1, 0.15) is 17.3 Å². The van der Waals surface area contributed by atoms with E-state index in [0.717, 1.165) is 29.2 Å². The van der Waals surface area contributed by atoms with Gasteiger partial charge in [0.25, 0.3) is 5.91 Å². The van der Waals surface area contributed by atoms with Gasteiger partial charge in [-0.15, -0.1) is 0 Å². The van der Waals surface area contributed by atoms with E-state index in [2.05, 4.69) is 29.0 Å². The predicted octanol–water partition coefficient (Wildman–Crippen LogP) is 1.95. The second kappa shape index (κ2) is 9.42. The highest BCUT2D eigenvalue weighted by Gasteiger charge is 2.25. The van der Waals surface area contributed by atoms with Crippen LogP contribution in [0.25, 0.3) is 0 Å². The van der Waals surface area contributed by atoms with Crippen molar-refractivity contribution in [1.82, 2.24) is 14.9 Å². The normalized spacial score (nSPS) is 14.3. The molecule has 166 valence electrons. The summed E-state index contributed by atoms with van der Waals surface area (Å²) in [7, 11) is 1.55. The monoisotopic (exact) mass is 426 g/mol. The molecule has 1 atom stereocenters. The summed E-state index contributed by atoms with van der Waals surface area (Å²) in [6.07, 6.45) is 0. The van der Waals surface area contributed by atoms with E-state index >= 15 is 0 Å². The van der Waals surface area contributed by atoms with Crippen molar-refractivity contribution in [3.05, 3.63) is 52.7 Å². The van der Waals surface area contributed by atoms with Crippen LogP contribution in [0.2, 0.25) is 0 Å². The Bertz CT molecular complexity index is 978. The molecule has 0 saturated carbocycles. The van der Waals surface area contributed by atoms with E-state index in [1.54, 1.807) is 32.2 Å². The molecular formula is C22H30N6O3. The Labute approximate surface area is 182 Å². The smallest absolute Gasteiger partial charge is 0.260 e. The van der Waals surface area contributed by atoms with E-state index < -0.39 is 6.04 Å². The Hall–Kier alpha value is -3.01. The van der Waals surface area contributed by atoms with Gasteiger partial charge >= 0.3 is 0 Å². The maximum absolute atomic E-state index is 13.0. The molecule has 2 aromatic rings. The molecule has 0 aliphatic carbocycles. The van der Waals surface area contributed by atoms with Crippen LogP contribution in [-0.2, 0) is 13.1 Å². The number of benzene rings is 1. The van der Waals surface area contributed by atoms with E-state index in [1.165, 1.54) is 0 Å². The van der Waals surface area contributed by atoms with Crippen LogP contribution < -0.4 is 15.9 Å². The van der Waals surface area contributed by atoms with Crippen molar-refractivity contribution in [1.29, 1.82) is 5.41 Å². The molecule has 0 fully saturated rings. The van der Waals surface area contributed by atoms with E-state index in [-0.39, 0.29) is 24.0 Å². The third kappa shape index (κ3) is 4.84. The molecule has 1 amide bonds. The lowest BCUT2D eigenvalue weighted by Gasteiger charge is -2.24. The van der Waals surface area contributed by atoms with Gasteiger partial charge in [0.15, 0.2) is 5.84 Å². The lowest BCUT2D eigenvalue weighted by Crippen LogP contribution is -2.46. The van der Waals surface area contributed by atoms with Crippen LogP contribution in [0, 0.1) is 5.41 Å². The van der Waals surface area contributed by atoms with Crippen molar-refractivity contribution >= 4 is 17.6 Å². The average molecular weight is 427 g/mol. The number of ether oxygens (including phenoxy) is 1. The first-order valence-electron chi connectivity index (χ1n) is 10.2. The zero-order chi connectivity index (χ0) is 22.7. The third-order valence-electron chi connectivity index (χ3n) is 5.47. The molecule has 1 aliphatic heterocycles. The number of amides is 1. The maximum Gasteiger partial charge on any atom is 0.260 e. The number of methoxy groups -OCH3 is 1. The zero-order valence-electron chi connectivity index (χ0n) is 18.3. The van der Waals surface area contributed by atoms with E-state index in [4.69, 9.17) is 16.0 Å². The molecule has 0 saturated heterocycles. The Morgan fingerprint density at radius 3 is 2.61 bits per heavy atom. The molecule has 31 heavy (non-hydrogen) atoms. The topological polar surface area (TPSA) is 128 Å². The zero-order valence-corrected chi connectivity index (χ0v) is 18.3. The summed E-state index contributed by atoms with van der Waals surface area (Å²) in [5.74, 6) is 6.28. The van der Waals surface area contributed by atoms with Crippen molar-refractivity contribution < 1.29 is 14.6 Å². The predicted molar refractivity (Wildman–Crippen MR) is 119 cm³/mol. The number of carbonyl (C=O) groups is 1. The molecule has 9 heteroatoms. The van der Waals surface area contributed by atoms with Gasteiger partial charge in [0, 0.05) is 19.1 Å². The number of rotatable bonds is 7. The summed E-state index contributed by atoms with van der Waals surface area (Å²) in [6.45, 7) is 7.42. The third-order valence-corrected chi connectivity index (χ3v) is 5.47. The standard InChI is InChI=1S/C22H30N6O3/c1-13(2)27-10-15-8-17(19(31-4)9-16(15)11-27)22(30)26-20-7-5-6-18(25-20)21(23)28(24)14(3)12-29/h5-9,13-14,23,29H,10-12,24H2,1-4H3,(H,25,26,30). The van der Waals surface area contributed by atoms with Crippen molar-refractivity contribution in [2.75, 3.05) is 19.0 Å². The van der Waals surface area contributed by atoms with Gasteiger partial charge in [-0.1, -0.05) is 6.07 Å². The Kier molecular flexibility index (Phi) is 6.89. The summed E-state index contributed by atoms with van der Waals surface area (Å²) in [4.78, 5) is 19.7. The fraction of sp³-hybridized carbons (Fsp3) is 0.409. The number of carbonyl (C=O) groups excluding carboxylic acids is 1. The van der Waals surface area contributed by atoms with Crippen molar-refractivity contribution in [2.45, 2.75) is 45.9 Å². The van der Waals surface area contributed by atoms with E-state index in [1.807, 2.05) is 12.1 Å². The van der Waals surface area contributed by atoms with Crippen molar-refractivity contribution in [3.63, 3.8) is 0 Å². The molecule has 1 unspecified atom stereocenters. The van der Waals surface area contributed by atoms with Crippen molar-refractivity contribution in [2.24, 2.45) is 5.84 Å². The Morgan fingerprint density at radius 2 is 2.00 bits per heavy atom. The molecule has 5 N–H and O–H groups in total. The van der Waals surface area contributed by atoms with E-state index in [9.17, 15) is 9.90 Å². The molecule has 0 spiro atoms. The number of hydrogen-bond donors (Lipinski definition) is 4. The number of amidine groups is 1. The van der Waals surface area contributed by atoms with Gasteiger partial charge in [-0.2, -0.15) is 0 Å². The molecule has 2 heterocycles. The van der Waals surface area contributed by atoms with E-state index in [0.29, 0.717) is 23.2 Å². The lowest BCUT2D eigenvalue weighted by molar-refractivity contribution is 0.102. The second-order valence-electron chi connectivity index (χ2n) is 7.97. The Balaban J connectivity index is 1.81. The number of anilines is 1. The maximum atomic E-state index is 13.0. The average Bonchev–Trinajstić information content (AvgIpc) is 3.20. The number of aromatic nitrogens is 1. The minimum Gasteiger partial charge on any atom is -0.496 e. The Morgan fingerprint density at radius 1 is 1.32 bits per heavy atom. The number of nitrogens with zero attached hydrogens (tertiary/aromatic N) is 3. The molecule has 3 rings (SSSR count). The number of pyridine rings is 1. The number of nitrogens with one attached hydrogen (secondary N) is 2. The number of nitrogens with two attached hydrogens (primary N) is 1. The molecule has 1 aromatic carbocycles. The molecule has 0 bridgehead atoms. The first kappa shape index (κ1) is 22.7. The largest absolute Gasteiger partial charge is 0.496 e. The van der Waals surface area contributed by atoms with Crippen LogP contribution in [0.4, 0.5) is 5.82 Å². The first-order chi connectivity index (χ1) is 14.7.